The van der Waals surface area contributed by atoms with E-state index in [0.29, 0.717) is 12.1 Å². The molecule has 0 radical (unpaired) electrons. The van der Waals surface area contributed by atoms with Crippen molar-refractivity contribution in [3.63, 3.8) is 0 Å². The zero-order chi connectivity index (χ0) is 30.6. The van der Waals surface area contributed by atoms with E-state index in [-0.39, 0.29) is 25.1 Å². The Morgan fingerprint density at radius 2 is 1.52 bits per heavy atom. The average molecular weight is 733 g/mol. The van der Waals surface area contributed by atoms with Gasteiger partial charge < -0.3 is 10.6 Å². The van der Waals surface area contributed by atoms with Crippen molar-refractivity contribution in [1.29, 1.82) is 0 Å². The van der Waals surface area contributed by atoms with Crippen molar-refractivity contribution in [3.8, 4) is 0 Å². The molecule has 2 aromatic rings. The summed E-state index contributed by atoms with van der Waals surface area (Å²) in [7, 11) is 0. The Morgan fingerprint density at radius 1 is 0.950 bits per heavy atom. The molecule has 220 valence electrons. The molecule has 4 nitrogen and oxygen atoms in total. The first-order chi connectivity index (χ1) is 18.2. The smallest absolute Gasteiger partial charge is 0.336 e. The van der Waals surface area contributed by atoms with Gasteiger partial charge in [0.15, 0.2) is 0 Å². The van der Waals surface area contributed by atoms with Gasteiger partial charge in [-0.25, -0.2) is 0 Å². The largest absolute Gasteiger partial charge is 0.417 e. The molecule has 0 aliphatic carbocycles. The van der Waals surface area contributed by atoms with Crippen molar-refractivity contribution >= 4 is 61.4 Å². The predicted molar refractivity (Wildman–Crippen MR) is 136 cm³/mol. The van der Waals surface area contributed by atoms with E-state index in [1.807, 2.05) is 10.6 Å². The number of rotatable bonds is 8. The predicted octanol–water partition coefficient (Wildman–Crippen LogP) is 8.78. The number of nitrogens with one attached hydrogen (secondary N) is 2. The van der Waals surface area contributed by atoms with Gasteiger partial charge in [0.1, 0.15) is 0 Å². The quantitative estimate of drug-likeness (QED) is 0.162. The van der Waals surface area contributed by atoms with Crippen molar-refractivity contribution in [2.24, 2.45) is 0 Å². The third kappa shape index (κ3) is 9.98. The summed E-state index contributed by atoms with van der Waals surface area (Å²) >= 11 is 12.0. The molecule has 1 unspecified atom stereocenters. The molecule has 2 amide bonds. The number of alkyl halides is 9. The molecule has 0 fully saturated rings. The highest BCUT2D eigenvalue weighted by Crippen LogP contribution is 2.41. The number of benzene rings is 2. The summed E-state index contributed by atoms with van der Waals surface area (Å²) in [5.41, 5.74) is -2.97. The van der Waals surface area contributed by atoms with Crippen LogP contribution in [-0.2, 0) is 11.0 Å². The van der Waals surface area contributed by atoms with Crippen LogP contribution in [0.5, 0.6) is 0 Å². The van der Waals surface area contributed by atoms with E-state index in [1.54, 1.807) is 0 Å². The standard InChI is InChI=1S/C24H18Br2ClF9N2O2/c1-11(37-19(39)6-7-22(28,29)30)38-21(40)14-4-2-12(8-16(14)24(34,35)36)3-5-15(23(31,32)33)13-9-17(25)20(27)18(26)10-13/h2-5,8-11,15H,6-7H2,1H3,(H,37,39)(H,38,40)/t11-,15?/m1/s1. The first-order valence-electron chi connectivity index (χ1n) is 11.0. The number of hydrogen-bond donors (Lipinski definition) is 2. The van der Waals surface area contributed by atoms with Gasteiger partial charge in [-0.3, -0.25) is 9.59 Å². The maximum absolute atomic E-state index is 13.8. The van der Waals surface area contributed by atoms with Crippen LogP contribution in [0.25, 0.3) is 6.08 Å². The van der Waals surface area contributed by atoms with E-state index in [0.717, 1.165) is 37.3 Å². The first kappa shape index (κ1) is 33.9. The summed E-state index contributed by atoms with van der Waals surface area (Å²) in [5.74, 6) is -4.65. The minimum absolute atomic E-state index is 0.118. The van der Waals surface area contributed by atoms with Gasteiger partial charge in [-0.05, 0) is 74.2 Å². The van der Waals surface area contributed by atoms with Crippen LogP contribution < -0.4 is 10.6 Å². The molecule has 0 saturated carbocycles. The Morgan fingerprint density at radius 3 is 2.02 bits per heavy atom. The number of carbonyl (C=O) groups excluding carboxylic acids is 2. The van der Waals surface area contributed by atoms with Crippen LogP contribution in [0.3, 0.4) is 0 Å². The number of amides is 2. The molecule has 2 N–H and O–H groups in total. The molecular weight excluding hydrogens is 715 g/mol. The molecular formula is C24H18Br2ClF9N2O2. The van der Waals surface area contributed by atoms with E-state index >= 15 is 0 Å². The van der Waals surface area contributed by atoms with Gasteiger partial charge in [0, 0.05) is 15.4 Å². The summed E-state index contributed by atoms with van der Waals surface area (Å²) in [6.07, 6.45) is -16.8. The Balaban J connectivity index is 2.31. The molecule has 0 aromatic heterocycles. The topological polar surface area (TPSA) is 58.2 Å². The fourth-order valence-corrected chi connectivity index (χ4v) is 4.68. The highest BCUT2D eigenvalue weighted by molar-refractivity contribution is 9.11. The maximum atomic E-state index is 13.8. The van der Waals surface area contributed by atoms with Gasteiger partial charge in [-0.15, -0.1) is 0 Å². The van der Waals surface area contributed by atoms with E-state index in [2.05, 4.69) is 31.9 Å². The average Bonchev–Trinajstić information content (AvgIpc) is 2.79. The highest BCUT2D eigenvalue weighted by atomic mass is 79.9. The van der Waals surface area contributed by atoms with Crippen LogP contribution in [0.1, 0.15) is 52.7 Å². The van der Waals surface area contributed by atoms with Gasteiger partial charge in [0.25, 0.3) is 5.91 Å². The fraction of sp³-hybridized carbons (Fsp3) is 0.333. The maximum Gasteiger partial charge on any atom is 0.417 e. The lowest BCUT2D eigenvalue weighted by Crippen LogP contribution is -2.46. The van der Waals surface area contributed by atoms with E-state index in [1.165, 1.54) is 0 Å². The van der Waals surface area contributed by atoms with Gasteiger partial charge in [0.05, 0.1) is 34.7 Å². The van der Waals surface area contributed by atoms with Crippen molar-refractivity contribution in [2.75, 3.05) is 0 Å². The van der Waals surface area contributed by atoms with E-state index < -0.39 is 66.4 Å². The Hall–Kier alpha value is -2.26. The Kier molecular flexibility index (Phi) is 11.2. The summed E-state index contributed by atoms with van der Waals surface area (Å²) in [6, 6.07) is 4.42. The van der Waals surface area contributed by atoms with Gasteiger partial charge in [0.2, 0.25) is 5.91 Å². The third-order valence-electron chi connectivity index (χ3n) is 5.15. The lowest BCUT2D eigenvalue weighted by Gasteiger charge is -2.19. The lowest BCUT2D eigenvalue weighted by molar-refractivity contribution is -0.144. The number of allylic oxidation sites excluding steroid dienone is 1. The number of hydrogen-bond acceptors (Lipinski definition) is 2. The fourth-order valence-electron chi connectivity index (χ4n) is 3.35. The van der Waals surface area contributed by atoms with Crippen LogP contribution in [0.2, 0.25) is 5.02 Å². The van der Waals surface area contributed by atoms with Crippen molar-refractivity contribution in [2.45, 2.75) is 50.4 Å². The van der Waals surface area contributed by atoms with E-state index in [4.69, 9.17) is 11.6 Å². The summed E-state index contributed by atoms with van der Waals surface area (Å²) in [4.78, 5) is 24.1. The van der Waals surface area contributed by atoms with Crippen LogP contribution in [0, 0.1) is 0 Å². The third-order valence-corrected chi connectivity index (χ3v) is 7.27. The van der Waals surface area contributed by atoms with Crippen molar-refractivity contribution in [1.82, 2.24) is 10.6 Å². The summed E-state index contributed by atoms with van der Waals surface area (Å²) in [5, 5.41) is 4.15. The molecule has 0 saturated heterocycles. The zero-order valence-electron chi connectivity index (χ0n) is 20.0. The highest BCUT2D eigenvalue weighted by Gasteiger charge is 2.40. The SMILES string of the molecule is C[C@H](NC(=O)CCC(F)(F)F)NC(=O)c1ccc(C=CC(c2cc(Br)c(Cl)c(Br)c2)C(F)(F)F)cc1C(F)(F)F. The molecule has 2 aromatic carbocycles. The molecule has 0 bridgehead atoms. The summed E-state index contributed by atoms with van der Waals surface area (Å²) in [6.45, 7) is 1.12. The monoisotopic (exact) mass is 730 g/mol. The molecule has 40 heavy (non-hydrogen) atoms. The van der Waals surface area contributed by atoms with Crippen LogP contribution >= 0.6 is 43.5 Å². The first-order valence-corrected chi connectivity index (χ1v) is 12.9. The normalized spacial score (nSPS) is 14.2. The van der Waals surface area contributed by atoms with E-state index in [9.17, 15) is 49.1 Å². The number of carbonyl (C=O) groups is 2. The molecule has 2 rings (SSSR count). The second-order valence-electron chi connectivity index (χ2n) is 8.36. The van der Waals surface area contributed by atoms with Gasteiger partial charge in [-0.1, -0.05) is 29.8 Å². The van der Waals surface area contributed by atoms with Crippen molar-refractivity contribution in [3.05, 3.63) is 72.6 Å². The lowest BCUT2D eigenvalue weighted by atomic mass is 9.96. The molecule has 0 spiro atoms. The molecule has 0 heterocycles. The van der Waals surface area contributed by atoms with Crippen LogP contribution in [-0.4, -0.2) is 30.3 Å². The molecule has 2 atom stereocenters. The molecule has 0 aliphatic heterocycles. The number of halogens is 12. The minimum Gasteiger partial charge on any atom is -0.336 e. The van der Waals surface area contributed by atoms with Gasteiger partial charge in [-0.2, -0.15) is 39.5 Å². The summed E-state index contributed by atoms with van der Waals surface area (Å²) < 4.78 is 120. The van der Waals surface area contributed by atoms with Crippen LogP contribution in [0.15, 0.2) is 45.4 Å². The zero-order valence-corrected chi connectivity index (χ0v) is 23.9. The Bertz CT molecular complexity index is 1260. The second kappa shape index (κ2) is 13.1. The second-order valence-corrected chi connectivity index (χ2v) is 10.4. The molecule has 0 aliphatic rings. The minimum atomic E-state index is -5.11. The molecule has 16 heteroatoms. The van der Waals surface area contributed by atoms with Gasteiger partial charge >= 0.3 is 18.5 Å². The Labute approximate surface area is 243 Å². The van der Waals surface area contributed by atoms with Crippen LogP contribution in [0.4, 0.5) is 39.5 Å². The van der Waals surface area contributed by atoms with Crippen molar-refractivity contribution < 1.29 is 49.1 Å².